The van der Waals surface area contributed by atoms with Crippen LogP contribution in [0.25, 0.3) is 0 Å². The minimum absolute atomic E-state index is 0.279. The van der Waals surface area contributed by atoms with Crippen LogP contribution in [-0.2, 0) is 22.7 Å². The molecule has 1 N–H and O–H groups in total. The number of aliphatic hydroxyl groups is 1. The van der Waals surface area contributed by atoms with Crippen molar-refractivity contribution in [2.45, 2.75) is 50.0 Å². The number of hydrogen-bond acceptors (Lipinski definition) is 5. The van der Waals surface area contributed by atoms with E-state index in [-0.39, 0.29) is 11.0 Å². The standard InChI is InChI=1S/C11H17N3O3S/c15-11-5-1-4-9-12-13-10(14(9)11)7-8-3-2-6-18(8,16)17/h8,11,15H,1-7H2. The van der Waals surface area contributed by atoms with Gasteiger partial charge < -0.3 is 5.11 Å². The second kappa shape index (κ2) is 4.31. The van der Waals surface area contributed by atoms with Crippen molar-refractivity contribution in [3.8, 4) is 0 Å². The number of sulfone groups is 1. The van der Waals surface area contributed by atoms with Gasteiger partial charge in [0, 0.05) is 12.8 Å². The summed E-state index contributed by atoms with van der Waals surface area (Å²) in [6.07, 6.45) is 3.62. The van der Waals surface area contributed by atoms with Gasteiger partial charge in [-0.2, -0.15) is 0 Å². The summed E-state index contributed by atoms with van der Waals surface area (Å²) in [6.45, 7) is 0. The van der Waals surface area contributed by atoms with Crippen LogP contribution in [0.5, 0.6) is 0 Å². The van der Waals surface area contributed by atoms with Crippen molar-refractivity contribution in [3.05, 3.63) is 11.6 Å². The summed E-state index contributed by atoms with van der Waals surface area (Å²) < 4.78 is 25.4. The van der Waals surface area contributed by atoms with E-state index in [1.165, 1.54) is 0 Å². The highest BCUT2D eigenvalue weighted by Crippen LogP contribution is 2.27. The first-order valence-electron chi connectivity index (χ1n) is 6.40. The van der Waals surface area contributed by atoms with E-state index in [4.69, 9.17) is 0 Å². The molecule has 0 aromatic carbocycles. The molecular formula is C11H17N3O3S. The molecule has 2 atom stereocenters. The van der Waals surface area contributed by atoms with E-state index < -0.39 is 16.1 Å². The van der Waals surface area contributed by atoms with Gasteiger partial charge in [0.2, 0.25) is 0 Å². The Bertz CT molecular complexity index is 552. The normalized spacial score (nSPS) is 30.3. The van der Waals surface area contributed by atoms with Gasteiger partial charge in [-0.1, -0.05) is 0 Å². The Morgan fingerprint density at radius 1 is 1.28 bits per heavy atom. The highest BCUT2D eigenvalue weighted by molar-refractivity contribution is 7.92. The third-order valence-electron chi connectivity index (χ3n) is 3.87. The molecule has 2 aliphatic rings. The van der Waals surface area contributed by atoms with Crippen LogP contribution in [0, 0.1) is 0 Å². The van der Waals surface area contributed by atoms with E-state index in [2.05, 4.69) is 10.2 Å². The number of aliphatic hydroxyl groups excluding tert-OH is 1. The number of rotatable bonds is 2. The molecule has 0 aliphatic carbocycles. The highest BCUT2D eigenvalue weighted by atomic mass is 32.2. The zero-order chi connectivity index (χ0) is 12.8. The largest absolute Gasteiger partial charge is 0.373 e. The van der Waals surface area contributed by atoms with Crippen molar-refractivity contribution in [3.63, 3.8) is 0 Å². The SMILES string of the molecule is O=S1(=O)CCCC1Cc1nnc2n1C(O)CCC2. The van der Waals surface area contributed by atoms with Gasteiger partial charge in [0.05, 0.1) is 11.0 Å². The summed E-state index contributed by atoms with van der Waals surface area (Å²) in [6, 6.07) is 0. The van der Waals surface area contributed by atoms with E-state index in [9.17, 15) is 13.5 Å². The summed E-state index contributed by atoms with van der Waals surface area (Å²) in [5.74, 6) is 1.67. The van der Waals surface area contributed by atoms with E-state index in [0.29, 0.717) is 25.1 Å². The maximum absolute atomic E-state index is 11.8. The molecule has 0 bridgehead atoms. The lowest BCUT2D eigenvalue weighted by Crippen LogP contribution is -2.24. The molecule has 1 saturated heterocycles. The molecule has 0 radical (unpaired) electrons. The number of fused-ring (bicyclic) bond motifs is 1. The highest BCUT2D eigenvalue weighted by Gasteiger charge is 2.34. The molecule has 18 heavy (non-hydrogen) atoms. The van der Waals surface area contributed by atoms with Crippen LogP contribution in [0.4, 0.5) is 0 Å². The van der Waals surface area contributed by atoms with Crippen molar-refractivity contribution in [1.82, 2.24) is 14.8 Å². The lowest BCUT2D eigenvalue weighted by molar-refractivity contribution is 0.0748. The van der Waals surface area contributed by atoms with Crippen molar-refractivity contribution >= 4 is 9.84 Å². The van der Waals surface area contributed by atoms with Crippen LogP contribution in [0.3, 0.4) is 0 Å². The minimum atomic E-state index is -2.97. The van der Waals surface area contributed by atoms with Crippen molar-refractivity contribution in [1.29, 1.82) is 0 Å². The fraction of sp³-hybridized carbons (Fsp3) is 0.818. The topological polar surface area (TPSA) is 85.1 Å². The fourth-order valence-corrected chi connectivity index (χ4v) is 4.71. The molecule has 6 nitrogen and oxygen atoms in total. The summed E-state index contributed by atoms with van der Waals surface area (Å²) in [7, 11) is -2.97. The minimum Gasteiger partial charge on any atom is -0.373 e. The molecule has 100 valence electrons. The summed E-state index contributed by atoms with van der Waals surface area (Å²) >= 11 is 0. The molecule has 0 amide bonds. The van der Waals surface area contributed by atoms with Crippen molar-refractivity contribution in [2.75, 3.05) is 5.75 Å². The Morgan fingerprint density at radius 2 is 2.11 bits per heavy atom. The fourth-order valence-electron chi connectivity index (χ4n) is 2.88. The van der Waals surface area contributed by atoms with Gasteiger partial charge in [-0.15, -0.1) is 10.2 Å². The van der Waals surface area contributed by atoms with E-state index in [0.717, 1.165) is 25.1 Å². The first-order chi connectivity index (χ1) is 8.58. The van der Waals surface area contributed by atoms with Crippen LogP contribution in [-0.4, -0.2) is 39.3 Å². The van der Waals surface area contributed by atoms with Gasteiger partial charge in [-0.25, -0.2) is 8.42 Å². The third-order valence-corrected chi connectivity index (χ3v) is 6.15. The van der Waals surface area contributed by atoms with Crippen LogP contribution < -0.4 is 0 Å². The molecule has 2 unspecified atom stereocenters. The second-order valence-corrected chi connectivity index (χ2v) is 7.51. The third kappa shape index (κ3) is 1.95. The molecular weight excluding hydrogens is 254 g/mol. The molecule has 0 spiro atoms. The lowest BCUT2D eigenvalue weighted by Gasteiger charge is -2.22. The molecule has 1 aromatic rings. The lowest BCUT2D eigenvalue weighted by atomic mass is 10.1. The van der Waals surface area contributed by atoms with Gasteiger partial charge in [0.1, 0.15) is 17.9 Å². The van der Waals surface area contributed by atoms with Crippen LogP contribution in [0.15, 0.2) is 0 Å². The molecule has 7 heteroatoms. The van der Waals surface area contributed by atoms with Gasteiger partial charge in [-0.3, -0.25) is 4.57 Å². The van der Waals surface area contributed by atoms with Gasteiger partial charge in [-0.05, 0) is 25.7 Å². The molecule has 2 aliphatic heterocycles. The van der Waals surface area contributed by atoms with Gasteiger partial charge in [0.25, 0.3) is 0 Å². The Hall–Kier alpha value is -0.950. The summed E-state index contributed by atoms with van der Waals surface area (Å²) in [5, 5.41) is 17.7. The maximum atomic E-state index is 11.8. The summed E-state index contributed by atoms with van der Waals surface area (Å²) in [4.78, 5) is 0. The maximum Gasteiger partial charge on any atom is 0.153 e. The van der Waals surface area contributed by atoms with E-state index in [1.807, 2.05) is 0 Å². The number of nitrogens with zero attached hydrogens (tertiary/aromatic N) is 3. The van der Waals surface area contributed by atoms with Gasteiger partial charge >= 0.3 is 0 Å². The van der Waals surface area contributed by atoms with Crippen molar-refractivity contribution < 1.29 is 13.5 Å². The molecule has 1 fully saturated rings. The van der Waals surface area contributed by atoms with Crippen LogP contribution in [0.1, 0.15) is 43.6 Å². The Labute approximate surface area is 106 Å². The van der Waals surface area contributed by atoms with Crippen molar-refractivity contribution in [2.24, 2.45) is 0 Å². The summed E-state index contributed by atoms with van der Waals surface area (Å²) in [5.41, 5.74) is 0. The van der Waals surface area contributed by atoms with Crippen LogP contribution in [0.2, 0.25) is 0 Å². The monoisotopic (exact) mass is 271 g/mol. The number of aryl methyl sites for hydroxylation is 1. The molecule has 0 saturated carbocycles. The quantitative estimate of drug-likeness (QED) is 0.832. The first kappa shape index (κ1) is 12.1. The molecule has 3 heterocycles. The second-order valence-electron chi connectivity index (χ2n) is 5.11. The van der Waals surface area contributed by atoms with E-state index in [1.54, 1.807) is 4.57 Å². The predicted molar refractivity (Wildman–Crippen MR) is 64.7 cm³/mol. The van der Waals surface area contributed by atoms with Gasteiger partial charge in [0.15, 0.2) is 9.84 Å². The Balaban J connectivity index is 1.88. The smallest absolute Gasteiger partial charge is 0.153 e. The average Bonchev–Trinajstić information content (AvgIpc) is 2.85. The number of aromatic nitrogens is 3. The average molecular weight is 271 g/mol. The Kier molecular flexibility index (Phi) is 2.90. The zero-order valence-corrected chi connectivity index (χ0v) is 10.9. The Morgan fingerprint density at radius 3 is 2.83 bits per heavy atom. The van der Waals surface area contributed by atoms with E-state index >= 15 is 0 Å². The molecule has 3 rings (SSSR count). The van der Waals surface area contributed by atoms with Crippen LogP contribution >= 0.6 is 0 Å². The number of hydrogen-bond donors (Lipinski definition) is 1. The zero-order valence-electron chi connectivity index (χ0n) is 10.1. The molecule has 1 aromatic heterocycles. The first-order valence-corrected chi connectivity index (χ1v) is 8.12. The predicted octanol–water partition coefficient (Wildman–Crippen LogP) is 0.225.